The summed E-state index contributed by atoms with van der Waals surface area (Å²) < 4.78 is 7.78. The van der Waals surface area contributed by atoms with E-state index in [0.717, 1.165) is 11.3 Å². The molecule has 0 atom stereocenters. The molecule has 3 rings (SSSR count). The van der Waals surface area contributed by atoms with Gasteiger partial charge in [-0.15, -0.1) is 10.2 Å². The minimum Gasteiger partial charge on any atom is -0.485 e. The highest BCUT2D eigenvalue weighted by Crippen LogP contribution is 2.26. The molecule has 2 aromatic carbocycles. The van der Waals surface area contributed by atoms with Gasteiger partial charge in [0.25, 0.3) is 0 Å². The van der Waals surface area contributed by atoms with Crippen LogP contribution in [0.25, 0.3) is 0 Å². The van der Waals surface area contributed by atoms with Gasteiger partial charge in [0.1, 0.15) is 12.4 Å². The Morgan fingerprint density at radius 1 is 1.13 bits per heavy atom. The van der Waals surface area contributed by atoms with Crippen LogP contribution in [-0.2, 0) is 17.9 Å². The van der Waals surface area contributed by atoms with Gasteiger partial charge in [-0.05, 0) is 55.8 Å². The van der Waals surface area contributed by atoms with E-state index in [1.54, 1.807) is 24.3 Å². The highest BCUT2D eigenvalue weighted by atomic mass is 35.5. The van der Waals surface area contributed by atoms with Gasteiger partial charge in [-0.25, -0.2) is 0 Å². The second kappa shape index (κ2) is 10.4. The number of nitrogens with zero attached hydrogens (tertiary/aromatic N) is 3. The molecule has 0 aliphatic carbocycles. The van der Waals surface area contributed by atoms with Crippen LogP contribution in [-0.4, -0.2) is 26.4 Å². The van der Waals surface area contributed by atoms with Crippen molar-refractivity contribution in [2.45, 2.75) is 32.2 Å². The van der Waals surface area contributed by atoms with E-state index in [1.165, 1.54) is 11.8 Å². The first-order valence-electron chi connectivity index (χ1n) is 9.06. The quantitative estimate of drug-likeness (QED) is 0.404. The number of amides is 1. The fourth-order valence-corrected chi connectivity index (χ4v) is 4.06. The van der Waals surface area contributed by atoms with Gasteiger partial charge in [0.2, 0.25) is 5.91 Å². The van der Waals surface area contributed by atoms with Crippen molar-refractivity contribution in [3.8, 4) is 5.75 Å². The van der Waals surface area contributed by atoms with Gasteiger partial charge in [-0.1, -0.05) is 46.6 Å². The van der Waals surface area contributed by atoms with Crippen LogP contribution in [0.4, 0.5) is 5.69 Å². The average molecular weight is 486 g/mol. The lowest BCUT2D eigenvalue weighted by Gasteiger charge is -2.11. The van der Waals surface area contributed by atoms with Crippen LogP contribution in [0, 0.1) is 6.92 Å². The molecule has 158 valence electrons. The van der Waals surface area contributed by atoms with Gasteiger partial charge >= 0.3 is 0 Å². The van der Waals surface area contributed by atoms with Crippen LogP contribution in [0.5, 0.6) is 5.75 Å². The third-order valence-corrected chi connectivity index (χ3v) is 5.90. The van der Waals surface area contributed by atoms with E-state index in [0.29, 0.717) is 38.3 Å². The van der Waals surface area contributed by atoms with Crippen molar-refractivity contribution in [2.24, 2.45) is 0 Å². The summed E-state index contributed by atoms with van der Waals surface area (Å²) >= 11 is 19.3. The normalized spacial score (nSPS) is 10.8. The zero-order valence-electron chi connectivity index (χ0n) is 16.3. The molecule has 0 aliphatic rings. The van der Waals surface area contributed by atoms with Gasteiger partial charge in [-0.3, -0.25) is 4.79 Å². The first-order chi connectivity index (χ1) is 14.4. The lowest BCUT2D eigenvalue weighted by Crippen LogP contribution is -2.15. The molecule has 0 fully saturated rings. The summed E-state index contributed by atoms with van der Waals surface area (Å²) in [6.45, 7) is 4.82. The molecule has 6 nitrogen and oxygen atoms in total. The third kappa shape index (κ3) is 5.82. The summed E-state index contributed by atoms with van der Waals surface area (Å²) in [7, 11) is 0. The van der Waals surface area contributed by atoms with Crippen molar-refractivity contribution in [1.82, 2.24) is 14.8 Å². The minimum atomic E-state index is -0.218. The van der Waals surface area contributed by atoms with E-state index in [1.807, 2.05) is 30.5 Å². The summed E-state index contributed by atoms with van der Waals surface area (Å²) in [4.78, 5) is 12.3. The molecule has 1 amide bonds. The second-order valence-corrected chi connectivity index (χ2v) is 8.53. The number of rotatable bonds is 8. The van der Waals surface area contributed by atoms with E-state index in [-0.39, 0.29) is 18.3 Å². The molecule has 1 heterocycles. The van der Waals surface area contributed by atoms with Crippen LogP contribution in [0.2, 0.25) is 15.1 Å². The molecule has 0 radical (unpaired) electrons. The van der Waals surface area contributed by atoms with E-state index >= 15 is 0 Å². The Morgan fingerprint density at radius 3 is 2.60 bits per heavy atom. The van der Waals surface area contributed by atoms with Crippen molar-refractivity contribution in [1.29, 1.82) is 0 Å². The number of aromatic nitrogens is 3. The number of hydrogen-bond acceptors (Lipinski definition) is 5. The monoisotopic (exact) mass is 484 g/mol. The Labute approximate surface area is 193 Å². The smallest absolute Gasteiger partial charge is 0.234 e. The van der Waals surface area contributed by atoms with Crippen LogP contribution < -0.4 is 10.1 Å². The van der Waals surface area contributed by atoms with E-state index in [4.69, 9.17) is 39.5 Å². The van der Waals surface area contributed by atoms with Crippen LogP contribution in [0.3, 0.4) is 0 Å². The number of halogens is 3. The topological polar surface area (TPSA) is 69.0 Å². The Kier molecular flexibility index (Phi) is 7.88. The Bertz CT molecular complexity index is 1060. The van der Waals surface area contributed by atoms with Crippen molar-refractivity contribution in [3.05, 3.63) is 62.9 Å². The van der Waals surface area contributed by atoms with Crippen molar-refractivity contribution in [3.63, 3.8) is 0 Å². The Hall–Kier alpha value is -1.93. The largest absolute Gasteiger partial charge is 0.485 e. The number of aryl methyl sites for hydroxylation is 1. The molecule has 0 unspecified atom stereocenters. The molecule has 10 heteroatoms. The fraction of sp³-hybridized carbons (Fsp3) is 0.250. The molecule has 3 aromatic rings. The Morgan fingerprint density at radius 2 is 1.87 bits per heavy atom. The van der Waals surface area contributed by atoms with E-state index in [9.17, 15) is 4.79 Å². The van der Waals surface area contributed by atoms with E-state index in [2.05, 4.69) is 15.5 Å². The molecule has 0 aliphatic heterocycles. The lowest BCUT2D eigenvalue weighted by molar-refractivity contribution is -0.113. The molecule has 0 spiro atoms. The SMILES string of the molecule is CCn1c(COc2ccc(Cl)cc2C)nnc1SCC(=O)Nc1cc(Cl)ccc1Cl. The molecular weight excluding hydrogens is 467 g/mol. The molecule has 0 saturated heterocycles. The van der Waals surface area contributed by atoms with E-state index < -0.39 is 0 Å². The minimum absolute atomic E-state index is 0.151. The molecular formula is C20H19Cl3N4O2S. The van der Waals surface area contributed by atoms with Crippen molar-refractivity contribution < 1.29 is 9.53 Å². The zero-order valence-corrected chi connectivity index (χ0v) is 19.4. The molecule has 30 heavy (non-hydrogen) atoms. The summed E-state index contributed by atoms with van der Waals surface area (Å²) in [5, 5.41) is 13.4. The molecule has 0 bridgehead atoms. The van der Waals surface area contributed by atoms with Gasteiger partial charge in [-0.2, -0.15) is 0 Å². The van der Waals surface area contributed by atoms with Crippen molar-refractivity contribution >= 4 is 58.2 Å². The maximum absolute atomic E-state index is 12.3. The third-order valence-electron chi connectivity index (χ3n) is 4.14. The molecule has 1 aromatic heterocycles. The number of nitrogens with one attached hydrogen (secondary N) is 1. The average Bonchev–Trinajstić information content (AvgIpc) is 3.10. The summed E-state index contributed by atoms with van der Waals surface area (Å²) in [6, 6.07) is 10.3. The first-order valence-corrected chi connectivity index (χ1v) is 11.2. The predicted octanol–water partition coefficient (Wildman–Crippen LogP) is 5.88. The summed E-state index contributed by atoms with van der Waals surface area (Å²) in [5.74, 6) is 1.34. The number of ether oxygens (including phenoxy) is 1. The number of anilines is 1. The maximum Gasteiger partial charge on any atom is 0.234 e. The zero-order chi connectivity index (χ0) is 21.7. The Balaban J connectivity index is 1.61. The predicted molar refractivity (Wildman–Crippen MR) is 122 cm³/mol. The number of thioether (sulfide) groups is 1. The fourth-order valence-electron chi connectivity index (χ4n) is 2.68. The standard InChI is InChI=1S/C20H19Cl3N4O2S/c1-3-27-18(10-29-17-7-5-13(21)8-12(17)2)25-26-20(27)30-11-19(28)24-16-9-14(22)4-6-15(16)23/h4-9H,3,10-11H2,1-2H3,(H,24,28). The van der Waals surface area contributed by atoms with Gasteiger partial charge in [0.05, 0.1) is 16.5 Å². The number of carbonyl (C=O) groups is 1. The number of carbonyl (C=O) groups excluding carboxylic acids is 1. The van der Waals surface area contributed by atoms with Gasteiger partial charge in [0.15, 0.2) is 11.0 Å². The molecule has 0 saturated carbocycles. The van der Waals surface area contributed by atoms with Crippen LogP contribution in [0.15, 0.2) is 41.6 Å². The van der Waals surface area contributed by atoms with Crippen LogP contribution in [0.1, 0.15) is 18.3 Å². The van der Waals surface area contributed by atoms with Gasteiger partial charge < -0.3 is 14.6 Å². The second-order valence-electron chi connectivity index (χ2n) is 6.30. The highest BCUT2D eigenvalue weighted by Gasteiger charge is 2.15. The lowest BCUT2D eigenvalue weighted by atomic mass is 10.2. The first kappa shape index (κ1) is 22.7. The number of benzene rings is 2. The maximum atomic E-state index is 12.3. The van der Waals surface area contributed by atoms with Crippen LogP contribution >= 0.6 is 46.6 Å². The number of hydrogen-bond donors (Lipinski definition) is 1. The summed E-state index contributed by atoms with van der Waals surface area (Å²) in [6.07, 6.45) is 0. The summed E-state index contributed by atoms with van der Waals surface area (Å²) in [5.41, 5.74) is 1.41. The molecule has 1 N–H and O–H groups in total. The highest BCUT2D eigenvalue weighted by molar-refractivity contribution is 7.99. The van der Waals surface area contributed by atoms with Gasteiger partial charge in [0, 0.05) is 16.6 Å². The van der Waals surface area contributed by atoms with Crippen molar-refractivity contribution in [2.75, 3.05) is 11.1 Å².